The molecule has 0 aliphatic carbocycles. The molecule has 0 radical (unpaired) electrons. The lowest BCUT2D eigenvalue weighted by Gasteiger charge is -2.21. The predicted molar refractivity (Wildman–Crippen MR) is 73.1 cm³/mol. The van der Waals surface area contributed by atoms with Crippen molar-refractivity contribution < 1.29 is 14.3 Å². The molecule has 1 aliphatic rings. The van der Waals surface area contributed by atoms with Gasteiger partial charge in [-0.1, -0.05) is 18.2 Å². The number of benzene rings is 1. The monoisotopic (exact) mass is 272 g/mol. The van der Waals surface area contributed by atoms with E-state index in [1.807, 2.05) is 30.3 Å². The smallest absolute Gasteiger partial charge is 0.276 e. The van der Waals surface area contributed by atoms with E-state index in [0.717, 1.165) is 18.4 Å². The number of aromatic nitrogens is 1. The molecule has 1 aliphatic heterocycles. The quantitative estimate of drug-likeness (QED) is 0.927. The van der Waals surface area contributed by atoms with Gasteiger partial charge in [-0.15, -0.1) is 0 Å². The maximum atomic E-state index is 12.4. The molecule has 1 atom stereocenters. The summed E-state index contributed by atoms with van der Waals surface area (Å²) in [5.41, 5.74) is 1.14. The normalized spacial score (nSPS) is 18.4. The van der Waals surface area contributed by atoms with Gasteiger partial charge in [0, 0.05) is 12.1 Å². The van der Waals surface area contributed by atoms with Gasteiger partial charge in [0.15, 0.2) is 5.69 Å². The van der Waals surface area contributed by atoms with E-state index in [2.05, 4.69) is 4.98 Å². The minimum Gasteiger partial charge on any atom is -0.444 e. The third kappa shape index (κ3) is 2.32. The molecule has 20 heavy (non-hydrogen) atoms. The fourth-order valence-corrected chi connectivity index (χ4v) is 2.53. The Hall–Kier alpha value is -2.14. The van der Waals surface area contributed by atoms with E-state index in [9.17, 15) is 9.90 Å². The van der Waals surface area contributed by atoms with E-state index in [0.29, 0.717) is 18.1 Å². The topological polar surface area (TPSA) is 66.6 Å². The lowest BCUT2D eigenvalue weighted by atomic mass is 10.2. The van der Waals surface area contributed by atoms with Gasteiger partial charge in [-0.05, 0) is 25.0 Å². The summed E-state index contributed by atoms with van der Waals surface area (Å²) >= 11 is 0. The number of aliphatic hydroxyl groups is 1. The van der Waals surface area contributed by atoms with Crippen molar-refractivity contribution >= 4 is 5.91 Å². The first-order valence-electron chi connectivity index (χ1n) is 6.72. The molecule has 1 saturated heterocycles. The summed E-state index contributed by atoms with van der Waals surface area (Å²) in [5, 5.41) is 9.28. The molecule has 2 aromatic rings. The highest BCUT2D eigenvalue weighted by Gasteiger charge is 2.30. The lowest BCUT2D eigenvalue weighted by molar-refractivity contribution is 0.0671. The maximum Gasteiger partial charge on any atom is 0.276 e. The number of carbonyl (C=O) groups is 1. The molecule has 1 aromatic carbocycles. The average Bonchev–Trinajstić information content (AvgIpc) is 3.16. The fraction of sp³-hybridized carbons (Fsp3) is 0.333. The standard InChI is InChI=1S/C15H16N2O3/c18-9-12-7-4-8-17(12)15(19)13-10-20-14(16-13)11-5-2-1-3-6-11/h1-3,5-6,10,12,18H,4,7-9H2/t12-/m1/s1. The Morgan fingerprint density at radius 2 is 2.20 bits per heavy atom. The molecule has 0 bridgehead atoms. The number of hydrogen-bond donors (Lipinski definition) is 1. The van der Waals surface area contributed by atoms with E-state index in [-0.39, 0.29) is 18.6 Å². The Balaban J connectivity index is 1.82. The molecule has 0 spiro atoms. The molecule has 1 amide bonds. The Labute approximate surface area is 116 Å². The molecule has 2 heterocycles. The van der Waals surface area contributed by atoms with Crippen LogP contribution in [0.1, 0.15) is 23.3 Å². The van der Waals surface area contributed by atoms with Crippen molar-refractivity contribution in [2.24, 2.45) is 0 Å². The highest BCUT2D eigenvalue weighted by atomic mass is 16.3. The van der Waals surface area contributed by atoms with Gasteiger partial charge in [0.2, 0.25) is 5.89 Å². The summed E-state index contributed by atoms with van der Waals surface area (Å²) < 4.78 is 5.38. The van der Waals surface area contributed by atoms with Gasteiger partial charge in [-0.25, -0.2) is 4.98 Å². The fourth-order valence-electron chi connectivity index (χ4n) is 2.53. The highest BCUT2D eigenvalue weighted by Crippen LogP contribution is 2.22. The van der Waals surface area contributed by atoms with E-state index in [4.69, 9.17) is 4.42 Å². The molecule has 5 heteroatoms. The zero-order valence-electron chi connectivity index (χ0n) is 11.0. The molecular formula is C15H16N2O3. The summed E-state index contributed by atoms with van der Waals surface area (Å²) in [6.07, 6.45) is 3.14. The second-order valence-corrected chi connectivity index (χ2v) is 4.88. The van der Waals surface area contributed by atoms with Crippen LogP contribution in [0.3, 0.4) is 0 Å². The van der Waals surface area contributed by atoms with Gasteiger partial charge in [0.05, 0.1) is 12.6 Å². The molecule has 0 saturated carbocycles. The Bertz CT molecular complexity index is 594. The zero-order chi connectivity index (χ0) is 13.9. The van der Waals surface area contributed by atoms with Crippen LogP contribution in [0.25, 0.3) is 11.5 Å². The predicted octanol–water partition coefficient (Wildman–Crippen LogP) is 1.94. The number of carbonyl (C=O) groups excluding carboxylic acids is 1. The zero-order valence-corrected chi connectivity index (χ0v) is 11.0. The summed E-state index contributed by atoms with van der Waals surface area (Å²) in [6, 6.07) is 9.36. The molecule has 104 valence electrons. The van der Waals surface area contributed by atoms with Gasteiger partial charge in [-0.3, -0.25) is 4.79 Å². The van der Waals surface area contributed by atoms with E-state index in [1.54, 1.807) is 4.90 Å². The molecule has 1 N–H and O–H groups in total. The van der Waals surface area contributed by atoms with Gasteiger partial charge in [-0.2, -0.15) is 0 Å². The first-order chi connectivity index (χ1) is 9.79. The molecular weight excluding hydrogens is 256 g/mol. The van der Waals surface area contributed by atoms with Crippen molar-refractivity contribution in [3.63, 3.8) is 0 Å². The van der Waals surface area contributed by atoms with Crippen molar-refractivity contribution in [2.45, 2.75) is 18.9 Å². The number of hydrogen-bond acceptors (Lipinski definition) is 4. The van der Waals surface area contributed by atoms with Crippen LogP contribution < -0.4 is 0 Å². The summed E-state index contributed by atoms with van der Waals surface area (Å²) in [5.74, 6) is 0.265. The number of nitrogens with zero attached hydrogens (tertiary/aromatic N) is 2. The van der Waals surface area contributed by atoms with Crippen LogP contribution in [0, 0.1) is 0 Å². The lowest BCUT2D eigenvalue weighted by Crippen LogP contribution is -2.37. The number of oxazole rings is 1. The van der Waals surface area contributed by atoms with Crippen LogP contribution >= 0.6 is 0 Å². The first-order valence-corrected chi connectivity index (χ1v) is 6.72. The van der Waals surface area contributed by atoms with Crippen LogP contribution in [-0.2, 0) is 0 Å². The second-order valence-electron chi connectivity index (χ2n) is 4.88. The highest BCUT2D eigenvalue weighted by molar-refractivity contribution is 5.92. The molecule has 5 nitrogen and oxygen atoms in total. The molecule has 3 rings (SSSR count). The van der Waals surface area contributed by atoms with Crippen molar-refractivity contribution in [3.05, 3.63) is 42.3 Å². The van der Waals surface area contributed by atoms with Crippen molar-refractivity contribution in [3.8, 4) is 11.5 Å². The van der Waals surface area contributed by atoms with Crippen molar-refractivity contribution in [2.75, 3.05) is 13.2 Å². The first kappa shape index (κ1) is 12.9. The van der Waals surface area contributed by atoms with Crippen molar-refractivity contribution in [1.29, 1.82) is 0 Å². The largest absolute Gasteiger partial charge is 0.444 e. The van der Waals surface area contributed by atoms with Crippen LogP contribution in [0.5, 0.6) is 0 Å². The molecule has 1 fully saturated rings. The van der Waals surface area contributed by atoms with Gasteiger partial charge in [0.25, 0.3) is 5.91 Å². The van der Waals surface area contributed by atoms with E-state index < -0.39 is 0 Å². The van der Waals surface area contributed by atoms with E-state index >= 15 is 0 Å². The summed E-state index contributed by atoms with van der Waals surface area (Å²) in [6.45, 7) is 0.659. The number of aliphatic hydroxyl groups excluding tert-OH is 1. The maximum absolute atomic E-state index is 12.4. The van der Waals surface area contributed by atoms with Crippen LogP contribution in [0.15, 0.2) is 41.0 Å². The van der Waals surface area contributed by atoms with Crippen LogP contribution in [0.2, 0.25) is 0 Å². The number of likely N-dealkylation sites (tertiary alicyclic amines) is 1. The van der Waals surface area contributed by atoms with Gasteiger partial charge < -0.3 is 14.4 Å². The van der Waals surface area contributed by atoms with Gasteiger partial charge >= 0.3 is 0 Å². The van der Waals surface area contributed by atoms with Crippen LogP contribution in [0.4, 0.5) is 0 Å². The summed E-state index contributed by atoms with van der Waals surface area (Å²) in [7, 11) is 0. The third-order valence-electron chi connectivity index (χ3n) is 3.59. The van der Waals surface area contributed by atoms with E-state index in [1.165, 1.54) is 6.26 Å². The number of amides is 1. The minimum atomic E-state index is -0.174. The Morgan fingerprint density at radius 1 is 1.40 bits per heavy atom. The molecule has 1 aromatic heterocycles. The Morgan fingerprint density at radius 3 is 2.95 bits per heavy atom. The second kappa shape index (κ2) is 5.46. The van der Waals surface area contributed by atoms with Crippen molar-refractivity contribution in [1.82, 2.24) is 9.88 Å². The SMILES string of the molecule is O=C(c1coc(-c2ccccc2)n1)N1CCC[C@@H]1CO. The van der Waals surface area contributed by atoms with Crippen LogP contribution in [-0.4, -0.2) is 40.1 Å². The molecule has 0 unspecified atom stereocenters. The third-order valence-corrected chi connectivity index (χ3v) is 3.59. The van der Waals surface area contributed by atoms with Gasteiger partial charge in [0.1, 0.15) is 6.26 Å². The Kier molecular flexibility index (Phi) is 3.52. The number of rotatable bonds is 3. The summed E-state index contributed by atoms with van der Waals surface area (Å²) in [4.78, 5) is 18.3. The average molecular weight is 272 g/mol. The minimum absolute atomic E-state index is 0.00483.